The number of amides is 3. The van der Waals surface area contributed by atoms with Crippen LogP contribution in [-0.2, 0) is 4.79 Å². The van der Waals surface area contributed by atoms with E-state index in [0.29, 0.717) is 22.9 Å². The fraction of sp³-hybridized carbons (Fsp3) is 0.333. The molecule has 0 bridgehead atoms. The number of aryl methyl sites for hydroxylation is 1. The summed E-state index contributed by atoms with van der Waals surface area (Å²) in [5.41, 5.74) is 3.17. The molecule has 2 aliphatic rings. The highest BCUT2D eigenvalue weighted by Gasteiger charge is 2.29. The molecule has 2 aromatic carbocycles. The van der Waals surface area contributed by atoms with Crippen LogP contribution in [0.3, 0.4) is 0 Å². The molecule has 1 fully saturated rings. The Labute approximate surface area is 163 Å². The molecule has 7 nitrogen and oxygen atoms in total. The molecule has 3 amide bonds. The van der Waals surface area contributed by atoms with Gasteiger partial charge in [-0.3, -0.25) is 4.79 Å². The molecule has 7 heteroatoms. The summed E-state index contributed by atoms with van der Waals surface area (Å²) < 4.78 is 10.7. The average Bonchev–Trinajstić information content (AvgIpc) is 3.42. The molecule has 1 unspecified atom stereocenters. The Morgan fingerprint density at radius 2 is 1.82 bits per heavy atom. The second kappa shape index (κ2) is 7.42. The summed E-state index contributed by atoms with van der Waals surface area (Å²) in [5, 5.41) is 8.68. The van der Waals surface area contributed by atoms with Gasteiger partial charge < -0.3 is 25.4 Å². The van der Waals surface area contributed by atoms with Crippen molar-refractivity contribution in [2.24, 2.45) is 5.92 Å². The van der Waals surface area contributed by atoms with Crippen LogP contribution in [0, 0.1) is 12.8 Å². The van der Waals surface area contributed by atoms with Crippen molar-refractivity contribution < 1.29 is 19.1 Å². The highest BCUT2D eigenvalue weighted by atomic mass is 16.7. The molecule has 0 radical (unpaired) electrons. The second-order valence-corrected chi connectivity index (χ2v) is 7.23. The van der Waals surface area contributed by atoms with Crippen LogP contribution in [0.2, 0.25) is 0 Å². The van der Waals surface area contributed by atoms with Gasteiger partial charge in [0.05, 0.1) is 6.04 Å². The quantitative estimate of drug-likeness (QED) is 0.732. The first kappa shape index (κ1) is 18.2. The average molecular weight is 381 g/mol. The van der Waals surface area contributed by atoms with Crippen LogP contribution in [0.4, 0.5) is 16.2 Å². The number of carbonyl (C=O) groups excluding carboxylic acids is 2. The number of urea groups is 1. The van der Waals surface area contributed by atoms with Crippen molar-refractivity contribution in [1.82, 2.24) is 5.32 Å². The maximum atomic E-state index is 12.5. The number of benzene rings is 2. The lowest BCUT2D eigenvalue weighted by Gasteiger charge is -2.17. The predicted octanol–water partition coefficient (Wildman–Crippen LogP) is 3.95. The summed E-state index contributed by atoms with van der Waals surface area (Å²) >= 11 is 0. The molecular weight excluding hydrogens is 358 g/mol. The van der Waals surface area contributed by atoms with Crippen molar-refractivity contribution in [3.05, 3.63) is 47.5 Å². The lowest BCUT2D eigenvalue weighted by atomic mass is 10.1. The highest BCUT2D eigenvalue weighted by molar-refractivity contribution is 5.96. The first-order valence-electron chi connectivity index (χ1n) is 9.38. The van der Waals surface area contributed by atoms with Crippen LogP contribution in [0.15, 0.2) is 36.4 Å². The zero-order chi connectivity index (χ0) is 19.7. The largest absolute Gasteiger partial charge is 0.454 e. The van der Waals surface area contributed by atoms with Gasteiger partial charge in [-0.15, -0.1) is 0 Å². The number of rotatable bonds is 5. The number of nitrogens with one attached hydrogen (secondary N) is 3. The summed E-state index contributed by atoms with van der Waals surface area (Å²) in [6.45, 7) is 4.02. The molecule has 0 aromatic heterocycles. The first-order chi connectivity index (χ1) is 13.5. The molecular formula is C21H23N3O4. The second-order valence-electron chi connectivity index (χ2n) is 7.23. The minimum Gasteiger partial charge on any atom is -0.454 e. The molecule has 1 aliphatic heterocycles. The lowest BCUT2D eigenvalue weighted by molar-refractivity contribution is -0.117. The van der Waals surface area contributed by atoms with Crippen molar-refractivity contribution in [1.29, 1.82) is 0 Å². The fourth-order valence-electron chi connectivity index (χ4n) is 3.05. The minimum absolute atomic E-state index is 0.0377. The third-order valence-corrected chi connectivity index (χ3v) is 4.95. The van der Waals surface area contributed by atoms with Crippen LogP contribution in [0.1, 0.15) is 36.9 Å². The van der Waals surface area contributed by atoms with Gasteiger partial charge >= 0.3 is 6.03 Å². The number of ether oxygens (including phenoxy) is 2. The van der Waals surface area contributed by atoms with Crippen LogP contribution in [0.5, 0.6) is 11.5 Å². The van der Waals surface area contributed by atoms with Gasteiger partial charge in [0.15, 0.2) is 11.5 Å². The zero-order valence-electron chi connectivity index (χ0n) is 15.9. The van der Waals surface area contributed by atoms with E-state index in [1.807, 2.05) is 44.2 Å². The maximum Gasteiger partial charge on any atom is 0.319 e. The van der Waals surface area contributed by atoms with Gasteiger partial charge in [-0.1, -0.05) is 12.1 Å². The van der Waals surface area contributed by atoms with E-state index in [0.717, 1.165) is 24.0 Å². The third-order valence-electron chi connectivity index (χ3n) is 4.95. The zero-order valence-corrected chi connectivity index (χ0v) is 15.9. The Hall–Kier alpha value is -3.22. The number of anilines is 2. The summed E-state index contributed by atoms with van der Waals surface area (Å²) in [6, 6.07) is 10.6. The minimum atomic E-state index is -0.320. The molecule has 0 saturated heterocycles. The number of carbonyl (C=O) groups is 2. The molecule has 2 aromatic rings. The van der Waals surface area contributed by atoms with Crippen molar-refractivity contribution in [2.45, 2.75) is 32.7 Å². The van der Waals surface area contributed by atoms with E-state index in [-0.39, 0.29) is 30.7 Å². The SMILES string of the molecule is Cc1ccc(NC(=O)C2CC2)cc1NC(=O)NC(C)c1ccc2c(c1)OCO2. The van der Waals surface area contributed by atoms with Crippen molar-refractivity contribution >= 4 is 23.3 Å². The van der Waals surface area contributed by atoms with Gasteiger partial charge in [-0.25, -0.2) is 4.79 Å². The summed E-state index contributed by atoms with van der Waals surface area (Å²) in [5.74, 6) is 1.56. The van der Waals surface area contributed by atoms with Crippen LogP contribution >= 0.6 is 0 Å². The topological polar surface area (TPSA) is 88.7 Å². The Balaban J connectivity index is 1.39. The van der Waals surface area contributed by atoms with E-state index in [1.54, 1.807) is 6.07 Å². The Morgan fingerprint density at radius 1 is 1.04 bits per heavy atom. The lowest BCUT2D eigenvalue weighted by Crippen LogP contribution is -2.31. The molecule has 1 aliphatic carbocycles. The molecule has 0 spiro atoms. The molecule has 1 heterocycles. The molecule has 1 saturated carbocycles. The predicted molar refractivity (Wildman–Crippen MR) is 106 cm³/mol. The molecule has 146 valence electrons. The van der Waals surface area contributed by atoms with E-state index in [4.69, 9.17) is 9.47 Å². The van der Waals surface area contributed by atoms with Gasteiger partial charge in [-0.05, 0) is 62.1 Å². The third kappa shape index (κ3) is 4.03. The van der Waals surface area contributed by atoms with Crippen LogP contribution in [-0.4, -0.2) is 18.7 Å². The van der Waals surface area contributed by atoms with E-state index in [1.165, 1.54) is 0 Å². The Kier molecular flexibility index (Phi) is 4.81. The van der Waals surface area contributed by atoms with E-state index < -0.39 is 0 Å². The number of hydrogen-bond donors (Lipinski definition) is 3. The number of hydrogen-bond acceptors (Lipinski definition) is 4. The summed E-state index contributed by atoms with van der Waals surface area (Å²) in [7, 11) is 0. The summed E-state index contributed by atoms with van der Waals surface area (Å²) in [4.78, 5) is 24.4. The molecule has 4 rings (SSSR count). The Morgan fingerprint density at radius 3 is 2.61 bits per heavy atom. The van der Waals surface area contributed by atoms with Gasteiger partial charge in [0.2, 0.25) is 12.7 Å². The number of fused-ring (bicyclic) bond motifs is 1. The van der Waals surface area contributed by atoms with Crippen molar-refractivity contribution in [3.63, 3.8) is 0 Å². The van der Waals surface area contributed by atoms with E-state index in [2.05, 4.69) is 16.0 Å². The molecule has 3 N–H and O–H groups in total. The molecule has 28 heavy (non-hydrogen) atoms. The smallest absolute Gasteiger partial charge is 0.319 e. The normalized spacial score (nSPS) is 15.6. The first-order valence-corrected chi connectivity index (χ1v) is 9.38. The summed E-state index contributed by atoms with van der Waals surface area (Å²) in [6.07, 6.45) is 1.89. The van der Waals surface area contributed by atoms with Gasteiger partial charge in [0.25, 0.3) is 0 Å². The highest BCUT2D eigenvalue weighted by Crippen LogP contribution is 2.34. The van der Waals surface area contributed by atoms with Gasteiger partial charge in [0.1, 0.15) is 0 Å². The maximum absolute atomic E-state index is 12.5. The molecule has 1 atom stereocenters. The Bertz CT molecular complexity index is 924. The van der Waals surface area contributed by atoms with Crippen LogP contribution < -0.4 is 25.4 Å². The standard InChI is InChI=1S/C21H23N3O4/c1-12-3-7-16(23-20(25)14-4-5-14)10-17(12)24-21(26)22-13(2)15-6-8-18-19(9-15)28-11-27-18/h3,6-10,13-14H,4-5,11H2,1-2H3,(H,23,25)(H2,22,24,26). The fourth-order valence-corrected chi connectivity index (χ4v) is 3.05. The van der Waals surface area contributed by atoms with Crippen LogP contribution in [0.25, 0.3) is 0 Å². The van der Waals surface area contributed by atoms with E-state index >= 15 is 0 Å². The monoisotopic (exact) mass is 381 g/mol. The van der Waals surface area contributed by atoms with Gasteiger partial charge in [-0.2, -0.15) is 0 Å². The van der Waals surface area contributed by atoms with Gasteiger partial charge in [0, 0.05) is 17.3 Å². The van der Waals surface area contributed by atoms with Crippen molar-refractivity contribution in [3.8, 4) is 11.5 Å². The van der Waals surface area contributed by atoms with Crippen molar-refractivity contribution in [2.75, 3.05) is 17.4 Å². The van der Waals surface area contributed by atoms with E-state index in [9.17, 15) is 9.59 Å².